The molecule has 0 heterocycles. The predicted molar refractivity (Wildman–Crippen MR) is 133 cm³/mol. The second kappa shape index (κ2) is 13.9. The summed E-state index contributed by atoms with van der Waals surface area (Å²) >= 11 is 0. The second-order valence-electron chi connectivity index (χ2n) is 9.77. The van der Waals surface area contributed by atoms with Crippen LogP contribution in [0.5, 0.6) is 0 Å². The van der Waals surface area contributed by atoms with E-state index in [9.17, 15) is 4.57 Å². The number of phosphoric ester groups is 1. The molecule has 1 N–H and O–H groups in total. The molecule has 6 heteroatoms. The molecular weight excluding hydrogens is 414 g/mol. The van der Waals surface area contributed by atoms with Gasteiger partial charge in [-0.05, 0) is 13.8 Å². The Hall–Kier alpha value is 0.540. The molecule has 3 saturated carbocycles. The summed E-state index contributed by atoms with van der Waals surface area (Å²) in [4.78, 5) is 8.63. The average Bonchev–Trinajstić information content (AvgIpc) is 2.77. The van der Waals surface area contributed by atoms with Crippen molar-refractivity contribution in [3.8, 4) is 0 Å². The van der Waals surface area contributed by atoms with E-state index in [4.69, 9.17) is 4.89 Å². The van der Waals surface area contributed by atoms with Gasteiger partial charge in [0.25, 0.3) is 0 Å². The monoisotopic (exact) mass is 464 g/mol. The molecule has 3 fully saturated rings. The van der Waals surface area contributed by atoms with Gasteiger partial charge in [-0.15, -0.1) is 0 Å². The van der Waals surface area contributed by atoms with E-state index in [-0.39, 0.29) is 13.2 Å². The fourth-order valence-corrected chi connectivity index (χ4v) is 16.1. The van der Waals surface area contributed by atoms with E-state index < -0.39 is 15.1 Å². The van der Waals surface area contributed by atoms with Crippen LogP contribution in [0, 0.1) is 0 Å². The van der Waals surface area contributed by atoms with Crippen LogP contribution < -0.4 is 0 Å². The first-order valence-electron chi connectivity index (χ1n) is 13.1. The predicted octanol–water partition coefficient (Wildman–Crippen LogP) is 7.91. The Morgan fingerprint density at radius 3 is 1.20 bits per heavy atom. The zero-order valence-electron chi connectivity index (χ0n) is 20.1. The van der Waals surface area contributed by atoms with E-state index >= 15 is 0 Å². The summed E-state index contributed by atoms with van der Waals surface area (Å²) in [6.07, 6.45) is 25.5. The van der Waals surface area contributed by atoms with Gasteiger partial charge in [-0.2, -0.15) is 0 Å². The molecule has 0 bridgehead atoms. The van der Waals surface area contributed by atoms with Gasteiger partial charge in [0.2, 0.25) is 0 Å². The molecule has 0 aromatic rings. The number of hydrogen-bond donors (Lipinski definition) is 1. The molecule has 0 unspecified atom stereocenters. The third kappa shape index (κ3) is 7.55. The summed E-state index contributed by atoms with van der Waals surface area (Å²) in [5, 5.41) is 0. The van der Waals surface area contributed by atoms with Crippen LogP contribution in [0.25, 0.3) is 0 Å². The van der Waals surface area contributed by atoms with E-state index in [0.717, 1.165) is 0 Å². The molecule has 3 rings (SSSR count). The van der Waals surface area contributed by atoms with E-state index in [1.807, 2.05) is 0 Å². The Morgan fingerprint density at radius 2 is 0.967 bits per heavy atom. The Morgan fingerprint density at radius 1 is 0.667 bits per heavy atom. The van der Waals surface area contributed by atoms with Gasteiger partial charge in [0.05, 0.1) is 13.2 Å². The molecule has 3 aliphatic carbocycles. The first kappa shape index (κ1) is 26.8. The SMILES string of the molecule is CCOP(=O)(O)OCC.CC[PH](C1CCCCC1)(C1CCCCC1)C1CCCCC1. The molecule has 180 valence electrons. The van der Waals surface area contributed by atoms with Gasteiger partial charge in [0.1, 0.15) is 0 Å². The van der Waals surface area contributed by atoms with E-state index in [1.54, 1.807) is 116 Å². The Bertz CT molecular complexity index is 440. The van der Waals surface area contributed by atoms with E-state index in [0.29, 0.717) is 0 Å². The van der Waals surface area contributed by atoms with E-state index in [2.05, 4.69) is 16.0 Å². The quantitative estimate of drug-likeness (QED) is 0.371. The molecule has 0 radical (unpaired) electrons. The third-order valence-corrected chi connectivity index (χ3v) is 17.0. The summed E-state index contributed by atoms with van der Waals surface area (Å²) < 4.78 is 19.2. The van der Waals surface area contributed by atoms with Crippen molar-refractivity contribution in [1.29, 1.82) is 0 Å². The van der Waals surface area contributed by atoms with E-state index in [1.165, 1.54) is 17.0 Å². The molecule has 0 atom stereocenters. The minimum absolute atomic E-state index is 0.188. The average molecular weight is 465 g/mol. The van der Waals surface area contributed by atoms with Gasteiger partial charge in [0.15, 0.2) is 0 Å². The van der Waals surface area contributed by atoms with Crippen LogP contribution in [-0.2, 0) is 13.6 Å². The summed E-state index contributed by atoms with van der Waals surface area (Å²) in [5.41, 5.74) is 3.67. The summed E-state index contributed by atoms with van der Waals surface area (Å²) in [6.45, 7) is 6.26. The van der Waals surface area contributed by atoms with Crippen LogP contribution in [-0.4, -0.2) is 41.2 Å². The molecule has 4 nitrogen and oxygen atoms in total. The maximum absolute atomic E-state index is 10.5. The van der Waals surface area contributed by atoms with Crippen molar-refractivity contribution < 1.29 is 18.5 Å². The topological polar surface area (TPSA) is 55.8 Å². The third-order valence-electron chi connectivity index (χ3n) is 8.29. The Labute approximate surface area is 187 Å². The fourth-order valence-electron chi connectivity index (χ4n) is 7.15. The first-order chi connectivity index (χ1) is 14.5. The van der Waals surface area contributed by atoms with Gasteiger partial charge in [-0.3, -0.25) is 9.05 Å². The van der Waals surface area contributed by atoms with Gasteiger partial charge < -0.3 is 4.89 Å². The van der Waals surface area contributed by atoms with Crippen molar-refractivity contribution in [2.45, 2.75) is 134 Å². The number of phosphoric acid groups is 1. The van der Waals surface area contributed by atoms with Crippen molar-refractivity contribution in [3.63, 3.8) is 0 Å². The van der Waals surface area contributed by atoms with Crippen molar-refractivity contribution in [3.05, 3.63) is 0 Å². The van der Waals surface area contributed by atoms with Crippen LogP contribution in [0.1, 0.15) is 117 Å². The molecule has 0 spiro atoms. The normalized spacial score (nSPS) is 23.6. The summed E-state index contributed by atoms with van der Waals surface area (Å²) in [7, 11) is -4.76. The molecular formula is C24H50O4P2. The van der Waals surface area contributed by atoms with Crippen molar-refractivity contribution in [2.24, 2.45) is 0 Å². The molecule has 30 heavy (non-hydrogen) atoms. The van der Waals surface area contributed by atoms with Crippen molar-refractivity contribution in [2.75, 3.05) is 19.4 Å². The standard InChI is InChI=1S/C20H39P.C4H11O4P/c1-2-21(18-12-6-3-7-13-18,19-14-8-4-9-15-19)20-16-10-5-11-17-20;1-3-7-9(5,6)8-4-2/h18-21H,2-17H2,1H3;3-4H2,1-2H3,(H,5,6). The molecule has 0 aromatic carbocycles. The second-order valence-corrected chi connectivity index (χ2v) is 16.6. The molecule has 3 aliphatic rings. The number of hydrogen-bond acceptors (Lipinski definition) is 3. The van der Waals surface area contributed by atoms with Crippen LogP contribution in [0.15, 0.2) is 0 Å². The van der Waals surface area contributed by atoms with Gasteiger partial charge >= 0.3 is 141 Å². The minimum atomic E-state index is -3.69. The van der Waals surface area contributed by atoms with Crippen LogP contribution in [0.4, 0.5) is 0 Å². The molecule has 0 aliphatic heterocycles. The summed E-state index contributed by atoms with van der Waals surface area (Å²) in [6, 6.07) is 0. The van der Waals surface area contributed by atoms with Gasteiger partial charge in [-0.25, -0.2) is 4.57 Å². The molecule has 0 aromatic heterocycles. The zero-order chi connectivity index (χ0) is 21.9. The number of rotatable bonds is 8. The molecule has 0 saturated heterocycles. The van der Waals surface area contributed by atoms with Crippen LogP contribution in [0.3, 0.4) is 0 Å². The maximum atomic E-state index is 10.5. The Kier molecular flexibility index (Phi) is 12.5. The van der Waals surface area contributed by atoms with Crippen LogP contribution in [0.2, 0.25) is 0 Å². The summed E-state index contributed by atoms with van der Waals surface area (Å²) in [5.74, 6) is 0. The van der Waals surface area contributed by atoms with Crippen molar-refractivity contribution >= 4 is 15.1 Å². The fraction of sp³-hybridized carbons (Fsp3) is 1.00. The van der Waals surface area contributed by atoms with Crippen molar-refractivity contribution in [1.82, 2.24) is 0 Å². The zero-order valence-corrected chi connectivity index (χ0v) is 22.0. The Balaban J connectivity index is 0.000000303. The van der Waals surface area contributed by atoms with Gasteiger partial charge in [-0.1, -0.05) is 0 Å². The van der Waals surface area contributed by atoms with Crippen LogP contribution >= 0.6 is 15.1 Å². The molecule has 0 amide bonds. The first-order valence-corrected chi connectivity index (χ1v) is 17.1. The van der Waals surface area contributed by atoms with Gasteiger partial charge in [0, 0.05) is 0 Å².